The molecule has 104 valence electrons. The van der Waals surface area contributed by atoms with Gasteiger partial charge < -0.3 is 5.32 Å². The van der Waals surface area contributed by atoms with Gasteiger partial charge in [-0.2, -0.15) is 0 Å². The summed E-state index contributed by atoms with van der Waals surface area (Å²) in [6, 6.07) is 7.30. The molecule has 1 rings (SSSR count). The van der Waals surface area contributed by atoms with Crippen molar-refractivity contribution in [1.29, 1.82) is 0 Å². The monoisotopic (exact) mass is 325 g/mol. The summed E-state index contributed by atoms with van der Waals surface area (Å²) in [5.41, 5.74) is 0.703. The zero-order valence-corrected chi connectivity index (χ0v) is 12.8. The predicted molar refractivity (Wildman–Crippen MR) is 80.2 cm³/mol. The van der Waals surface area contributed by atoms with Crippen LogP contribution in [0, 0.1) is 0 Å². The van der Waals surface area contributed by atoms with Crippen molar-refractivity contribution in [1.82, 2.24) is 5.32 Å². The molecule has 4 heteroatoms. The zero-order chi connectivity index (χ0) is 14.1. The first-order valence-electron chi connectivity index (χ1n) is 6.69. The maximum absolute atomic E-state index is 11.9. The van der Waals surface area contributed by atoms with Gasteiger partial charge in [-0.25, -0.2) is 0 Å². The average molecular weight is 326 g/mol. The van der Waals surface area contributed by atoms with Crippen LogP contribution in [0.5, 0.6) is 0 Å². The number of carbonyl (C=O) groups is 2. The molecule has 0 fully saturated rings. The van der Waals surface area contributed by atoms with Crippen LogP contribution >= 0.6 is 15.9 Å². The normalized spacial score (nSPS) is 10.2. The third-order valence-corrected chi connectivity index (χ3v) is 3.36. The molecule has 0 heterocycles. The largest absolute Gasteiger partial charge is 0.356 e. The van der Waals surface area contributed by atoms with Gasteiger partial charge >= 0.3 is 0 Å². The van der Waals surface area contributed by atoms with Gasteiger partial charge in [0.2, 0.25) is 5.91 Å². The second-order valence-corrected chi connectivity index (χ2v) is 5.40. The van der Waals surface area contributed by atoms with E-state index in [9.17, 15) is 9.59 Å². The highest BCUT2D eigenvalue weighted by molar-refractivity contribution is 9.10. The summed E-state index contributed by atoms with van der Waals surface area (Å²) in [6.45, 7) is 2.82. The molecule has 19 heavy (non-hydrogen) atoms. The molecule has 0 atom stereocenters. The Labute approximate surface area is 122 Å². The molecule has 0 unspecified atom stereocenters. The van der Waals surface area contributed by atoms with Gasteiger partial charge in [0.15, 0.2) is 5.78 Å². The number of rotatable bonds is 8. The molecule has 0 aromatic heterocycles. The number of benzene rings is 1. The molecule has 1 N–H and O–H groups in total. The van der Waals surface area contributed by atoms with Crippen LogP contribution in [0.1, 0.15) is 49.4 Å². The fourth-order valence-electron chi connectivity index (χ4n) is 1.68. The van der Waals surface area contributed by atoms with E-state index in [4.69, 9.17) is 0 Å². The lowest BCUT2D eigenvalue weighted by atomic mass is 10.1. The molecule has 0 aliphatic heterocycles. The van der Waals surface area contributed by atoms with E-state index in [0.29, 0.717) is 24.8 Å². The summed E-state index contributed by atoms with van der Waals surface area (Å²) in [7, 11) is 0. The highest BCUT2D eigenvalue weighted by Crippen LogP contribution is 2.13. The molecule has 0 radical (unpaired) electrons. The Balaban J connectivity index is 2.23. The minimum Gasteiger partial charge on any atom is -0.356 e. The Bertz CT molecular complexity index is 415. The van der Waals surface area contributed by atoms with Gasteiger partial charge in [-0.15, -0.1) is 0 Å². The number of ketones is 1. The molecular formula is C15H20BrNO2. The quantitative estimate of drug-likeness (QED) is 0.585. The topological polar surface area (TPSA) is 46.2 Å². The van der Waals surface area contributed by atoms with Crippen LogP contribution in [0.15, 0.2) is 28.7 Å². The van der Waals surface area contributed by atoms with Crippen LogP contribution < -0.4 is 5.32 Å². The fraction of sp³-hybridized carbons (Fsp3) is 0.467. The molecule has 0 aliphatic carbocycles. The van der Waals surface area contributed by atoms with Gasteiger partial charge in [0, 0.05) is 29.4 Å². The van der Waals surface area contributed by atoms with Crippen LogP contribution in [0.4, 0.5) is 0 Å². The third kappa shape index (κ3) is 6.53. The molecule has 0 spiro atoms. The van der Waals surface area contributed by atoms with Crippen LogP contribution in [-0.4, -0.2) is 18.2 Å². The van der Waals surface area contributed by atoms with Gasteiger partial charge in [-0.3, -0.25) is 9.59 Å². The van der Waals surface area contributed by atoms with Crippen molar-refractivity contribution in [3.63, 3.8) is 0 Å². The van der Waals surface area contributed by atoms with Crippen molar-refractivity contribution in [2.75, 3.05) is 6.54 Å². The number of amides is 1. The van der Waals surface area contributed by atoms with Crippen molar-refractivity contribution >= 4 is 27.6 Å². The summed E-state index contributed by atoms with van der Waals surface area (Å²) >= 11 is 3.33. The van der Waals surface area contributed by atoms with Crippen molar-refractivity contribution in [3.8, 4) is 0 Å². The summed E-state index contributed by atoms with van der Waals surface area (Å²) in [6.07, 6.45) is 3.52. The summed E-state index contributed by atoms with van der Waals surface area (Å²) in [5.74, 6) is 0.130. The Morgan fingerprint density at radius 1 is 1.11 bits per heavy atom. The van der Waals surface area contributed by atoms with Crippen molar-refractivity contribution in [2.45, 2.75) is 39.0 Å². The van der Waals surface area contributed by atoms with E-state index in [2.05, 4.69) is 28.2 Å². The molecule has 0 saturated heterocycles. The first kappa shape index (κ1) is 15.9. The van der Waals surface area contributed by atoms with E-state index in [-0.39, 0.29) is 11.7 Å². The van der Waals surface area contributed by atoms with Crippen LogP contribution in [0.25, 0.3) is 0 Å². The summed E-state index contributed by atoms with van der Waals surface area (Å²) in [5, 5.41) is 2.85. The molecule has 1 aromatic carbocycles. The molecule has 3 nitrogen and oxygen atoms in total. The number of carbonyl (C=O) groups excluding carboxylic acids is 2. The summed E-state index contributed by atoms with van der Waals surface area (Å²) < 4.78 is 0.958. The van der Waals surface area contributed by atoms with Crippen molar-refractivity contribution < 1.29 is 9.59 Å². The van der Waals surface area contributed by atoms with Gasteiger partial charge in [-0.1, -0.05) is 41.4 Å². The van der Waals surface area contributed by atoms with Gasteiger partial charge in [0.1, 0.15) is 0 Å². The van der Waals surface area contributed by atoms with Crippen LogP contribution in [0.2, 0.25) is 0 Å². The van der Waals surface area contributed by atoms with Gasteiger partial charge in [0.25, 0.3) is 0 Å². The number of nitrogens with one attached hydrogen (secondary N) is 1. The highest BCUT2D eigenvalue weighted by atomic mass is 79.9. The van der Waals surface area contributed by atoms with E-state index >= 15 is 0 Å². The van der Waals surface area contributed by atoms with Crippen molar-refractivity contribution in [3.05, 3.63) is 34.3 Å². The standard InChI is InChI=1S/C15H20BrNO2/c1-2-3-11-17-15(19)6-4-5-14(18)12-7-9-13(16)10-8-12/h7-10H,2-6,11H2,1H3,(H,17,19). The average Bonchev–Trinajstić information content (AvgIpc) is 2.39. The van der Waals surface area contributed by atoms with E-state index in [0.717, 1.165) is 23.9 Å². The zero-order valence-electron chi connectivity index (χ0n) is 11.2. The number of unbranched alkanes of at least 4 members (excludes halogenated alkanes) is 1. The smallest absolute Gasteiger partial charge is 0.220 e. The number of Topliss-reactive ketones (excluding diaryl/α,β-unsaturated/α-hetero) is 1. The second kappa shape index (κ2) is 8.86. The SMILES string of the molecule is CCCCNC(=O)CCCC(=O)c1ccc(Br)cc1. The van der Waals surface area contributed by atoms with Crippen molar-refractivity contribution in [2.24, 2.45) is 0 Å². The van der Waals surface area contributed by atoms with Crippen LogP contribution in [0.3, 0.4) is 0 Å². The Hall–Kier alpha value is -1.16. The number of hydrogen-bond acceptors (Lipinski definition) is 2. The second-order valence-electron chi connectivity index (χ2n) is 4.49. The highest BCUT2D eigenvalue weighted by Gasteiger charge is 2.07. The number of halogens is 1. The molecule has 0 aliphatic rings. The van der Waals surface area contributed by atoms with Gasteiger partial charge in [-0.05, 0) is 25.0 Å². The Morgan fingerprint density at radius 2 is 1.79 bits per heavy atom. The molecule has 0 saturated carbocycles. The maximum atomic E-state index is 11.9. The van der Waals surface area contributed by atoms with Crippen LogP contribution in [-0.2, 0) is 4.79 Å². The lowest BCUT2D eigenvalue weighted by Gasteiger charge is -2.04. The lowest BCUT2D eigenvalue weighted by molar-refractivity contribution is -0.121. The minimum atomic E-state index is 0.0389. The summed E-state index contributed by atoms with van der Waals surface area (Å²) in [4.78, 5) is 23.3. The first-order valence-corrected chi connectivity index (χ1v) is 7.48. The lowest BCUT2D eigenvalue weighted by Crippen LogP contribution is -2.24. The predicted octanol–water partition coefficient (Wildman–Crippen LogP) is 3.72. The van der Waals surface area contributed by atoms with E-state index < -0.39 is 0 Å². The molecular weight excluding hydrogens is 306 g/mol. The fourth-order valence-corrected chi connectivity index (χ4v) is 1.95. The molecule has 1 aromatic rings. The van der Waals surface area contributed by atoms with E-state index in [1.165, 1.54) is 0 Å². The van der Waals surface area contributed by atoms with Gasteiger partial charge in [0.05, 0.1) is 0 Å². The number of hydrogen-bond donors (Lipinski definition) is 1. The molecule has 0 bridgehead atoms. The first-order chi connectivity index (χ1) is 9.13. The minimum absolute atomic E-state index is 0.0389. The Morgan fingerprint density at radius 3 is 2.42 bits per heavy atom. The van der Waals surface area contributed by atoms with E-state index in [1.54, 1.807) is 12.1 Å². The third-order valence-electron chi connectivity index (χ3n) is 2.83. The van der Waals surface area contributed by atoms with E-state index in [1.807, 2.05) is 12.1 Å². The molecule has 1 amide bonds. The maximum Gasteiger partial charge on any atom is 0.220 e. The Kier molecular flexibility index (Phi) is 7.41.